The molecule has 5 rings (SSSR count). The zero-order valence-electron chi connectivity index (χ0n) is 16.1. The predicted octanol–water partition coefficient (Wildman–Crippen LogP) is 3.26. The molecule has 2 aromatic heterocycles. The van der Waals surface area contributed by atoms with Crippen molar-refractivity contribution >= 4 is 0 Å². The van der Waals surface area contributed by atoms with Gasteiger partial charge in [-0.05, 0) is 51.2 Å². The summed E-state index contributed by atoms with van der Waals surface area (Å²) in [6, 6.07) is 23.1. The van der Waals surface area contributed by atoms with Gasteiger partial charge >= 0.3 is 0 Å². The minimum atomic E-state index is -0.0231. The lowest BCUT2D eigenvalue weighted by Gasteiger charge is -2.35. The first-order valence-electron chi connectivity index (χ1n) is 9.89. The second-order valence-electron chi connectivity index (χ2n) is 7.35. The van der Waals surface area contributed by atoms with Crippen molar-refractivity contribution in [3.05, 3.63) is 107 Å². The summed E-state index contributed by atoms with van der Waals surface area (Å²) in [7, 11) is 0. The topological polar surface area (TPSA) is 59.7 Å². The maximum absolute atomic E-state index is 4.46. The minimum Gasteiger partial charge on any atom is -0.285 e. The van der Waals surface area contributed by atoms with Crippen molar-refractivity contribution in [2.24, 2.45) is 0 Å². The van der Waals surface area contributed by atoms with Crippen LogP contribution in [-0.2, 0) is 19.5 Å². The first-order chi connectivity index (χ1) is 14.4. The van der Waals surface area contributed by atoms with Crippen LogP contribution in [0.25, 0.3) is 0 Å². The Morgan fingerprint density at radius 1 is 0.862 bits per heavy atom. The van der Waals surface area contributed by atoms with E-state index in [1.165, 1.54) is 16.7 Å². The first-order valence-corrected chi connectivity index (χ1v) is 9.89. The van der Waals surface area contributed by atoms with Crippen LogP contribution in [0.3, 0.4) is 0 Å². The van der Waals surface area contributed by atoms with E-state index in [2.05, 4.69) is 73.9 Å². The van der Waals surface area contributed by atoms with E-state index in [9.17, 15) is 0 Å². The monoisotopic (exact) mass is 382 g/mol. The average Bonchev–Trinajstić information content (AvgIpc) is 3.23. The Kier molecular flexibility index (Phi) is 4.84. The molecule has 0 N–H and O–H groups in total. The summed E-state index contributed by atoms with van der Waals surface area (Å²) in [6.45, 7) is 2.48. The molecule has 0 bridgehead atoms. The molecule has 2 aromatic carbocycles. The molecular weight excluding hydrogens is 360 g/mol. The lowest BCUT2D eigenvalue weighted by Crippen LogP contribution is -2.36. The molecule has 3 heterocycles. The lowest BCUT2D eigenvalue weighted by molar-refractivity contribution is 0.195. The van der Waals surface area contributed by atoms with E-state index >= 15 is 0 Å². The molecule has 0 amide bonds. The Morgan fingerprint density at radius 2 is 1.62 bits per heavy atom. The molecule has 4 aromatic rings. The van der Waals surface area contributed by atoms with Crippen molar-refractivity contribution in [3.63, 3.8) is 0 Å². The fourth-order valence-corrected chi connectivity index (χ4v) is 4.08. The number of nitrogens with zero attached hydrogens (tertiary/aromatic N) is 6. The molecule has 0 saturated carbocycles. The van der Waals surface area contributed by atoms with Crippen LogP contribution in [0, 0.1) is 0 Å². The highest BCUT2D eigenvalue weighted by Gasteiger charge is 2.30. The maximum Gasteiger partial charge on any atom is 0.173 e. The van der Waals surface area contributed by atoms with Gasteiger partial charge in [-0.25, -0.2) is 4.68 Å². The molecule has 1 aliphatic rings. The van der Waals surface area contributed by atoms with Gasteiger partial charge < -0.3 is 0 Å². The summed E-state index contributed by atoms with van der Waals surface area (Å²) < 4.78 is 1.92. The van der Waals surface area contributed by atoms with Crippen molar-refractivity contribution in [3.8, 4) is 0 Å². The highest BCUT2D eigenvalue weighted by Crippen LogP contribution is 2.31. The molecule has 0 spiro atoms. The predicted molar refractivity (Wildman–Crippen MR) is 110 cm³/mol. The Balaban J connectivity index is 1.52. The van der Waals surface area contributed by atoms with Gasteiger partial charge in [0.15, 0.2) is 5.82 Å². The van der Waals surface area contributed by atoms with E-state index in [1.54, 1.807) is 0 Å². The van der Waals surface area contributed by atoms with E-state index in [0.717, 1.165) is 30.9 Å². The van der Waals surface area contributed by atoms with Crippen LogP contribution < -0.4 is 0 Å². The Morgan fingerprint density at radius 3 is 2.45 bits per heavy atom. The second kappa shape index (κ2) is 7.93. The second-order valence-corrected chi connectivity index (χ2v) is 7.35. The van der Waals surface area contributed by atoms with Crippen LogP contribution in [0.4, 0.5) is 0 Å². The molecule has 0 saturated heterocycles. The molecule has 6 nitrogen and oxygen atoms in total. The van der Waals surface area contributed by atoms with E-state index in [1.807, 2.05) is 35.3 Å². The molecule has 29 heavy (non-hydrogen) atoms. The van der Waals surface area contributed by atoms with Crippen LogP contribution in [0.1, 0.15) is 34.1 Å². The molecule has 144 valence electrons. The smallest absolute Gasteiger partial charge is 0.173 e. The number of tetrazole rings is 1. The summed E-state index contributed by atoms with van der Waals surface area (Å²) >= 11 is 0. The van der Waals surface area contributed by atoms with E-state index in [0.29, 0.717) is 6.54 Å². The van der Waals surface area contributed by atoms with Gasteiger partial charge in [0.05, 0.1) is 12.6 Å². The van der Waals surface area contributed by atoms with Crippen molar-refractivity contribution in [1.82, 2.24) is 30.1 Å². The SMILES string of the molecule is c1ccc(Cn2nnnc2C(c2ccncc2)N2CCc3ccccc3C2)cc1. The van der Waals surface area contributed by atoms with Crippen LogP contribution in [0.2, 0.25) is 0 Å². The van der Waals surface area contributed by atoms with Gasteiger partial charge in [-0.15, -0.1) is 5.10 Å². The van der Waals surface area contributed by atoms with Gasteiger partial charge in [0.25, 0.3) is 0 Å². The molecule has 1 atom stereocenters. The van der Waals surface area contributed by atoms with Gasteiger partial charge in [-0.1, -0.05) is 54.6 Å². The fourth-order valence-electron chi connectivity index (χ4n) is 4.08. The van der Waals surface area contributed by atoms with Gasteiger partial charge in [-0.3, -0.25) is 9.88 Å². The third kappa shape index (κ3) is 3.67. The number of hydrogen-bond acceptors (Lipinski definition) is 5. The molecule has 1 unspecified atom stereocenters. The largest absolute Gasteiger partial charge is 0.285 e. The van der Waals surface area contributed by atoms with Gasteiger partial charge in [0.1, 0.15) is 0 Å². The van der Waals surface area contributed by atoms with E-state index in [4.69, 9.17) is 0 Å². The van der Waals surface area contributed by atoms with Crippen LogP contribution >= 0.6 is 0 Å². The van der Waals surface area contributed by atoms with E-state index < -0.39 is 0 Å². The highest BCUT2D eigenvalue weighted by atomic mass is 15.5. The summed E-state index contributed by atoms with van der Waals surface area (Å²) in [5, 5.41) is 12.8. The summed E-state index contributed by atoms with van der Waals surface area (Å²) in [5.74, 6) is 0.861. The third-order valence-corrected chi connectivity index (χ3v) is 5.53. The minimum absolute atomic E-state index is 0.0231. The lowest BCUT2D eigenvalue weighted by atomic mass is 9.96. The summed E-state index contributed by atoms with van der Waals surface area (Å²) in [6.07, 6.45) is 4.70. The van der Waals surface area contributed by atoms with Crippen molar-refractivity contribution in [1.29, 1.82) is 0 Å². The number of fused-ring (bicyclic) bond motifs is 1. The van der Waals surface area contributed by atoms with Crippen LogP contribution in [0.5, 0.6) is 0 Å². The first kappa shape index (κ1) is 17.7. The Hall–Kier alpha value is -3.38. The normalized spacial score (nSPS) is 15.0. The summed E-state index contributed by atoms with van der Waals surface area (Å²) in [5.41, 5.74) is 5.14. The molecule has 6 heteroatoms. The van der Waals surface area contributed by atoms with Crippen LogP contribution in [-0.4, -0.2) is 36.6 Å². The van der Waals surface area contributed by atoms with Gasteiger partial charge in [-0.2, -0.15) is 0 Å². The molecular formula is C23H22N6. The highest BCUT2D eigenvalue weighted by molar-refractivity contribution is 5.31. The quantitative estimate of drug-likeness (QED) is 0.530. The van der Waals surface area contributed by atoms with Crippen molar-refractivity contribution in [2.45, 2.75) is 25.6 Å². The third-order valence-electron chi connectivity index (χ3n) is 5.53. The average molecular weight is 382 g/mol. The summed E-state index contributed by atoms with van der Waals surface area (Å²) in [4.78, 5) is 6.67. The van der Waals surface area contributed by atoms with E-state index in [-0.39, 0.29) is 6.04 Å². The van der Waals surface area contributed by atoms with Gasteiger partial charge in [0.2, 0.25) is 0 Å². The zero-order chi connectivity index (χ0) is 19.5. The Labute approximate surface area is 169 Å². The fraction of sp³-hybridized carbons (Fsp3) is 0.217. The number of hydrogen-bond donors (Lipinski definition) is 0. The van der Waals surface area contributed by atoms with Crippen LogP contribution in [0.15, 0.2) is 79.1 Å². The van der Waals surface area contributed by atoms with Gasteiger partial charge in [0, 0.05) is 25.5 Å². The number of aromatic nitrogens is 5. The molecule has 0 aliphatic carbocycles. The number of pyridine rings is 1. The maximum atomic E-state index is 4.46. The Bertz CT molecular complexity index is 1080. The van der Waals surface area contributed by atoms with Crippen molar-refractivity contribution < 1.29 is 0 Å². The number of rotatable bonds is 5. The molecule has 1 aliphatic heterocycles. The standard InChI is InChI=1S/C23H22N6/c1-2-6-18(7-3-1)16-29-23(25-26-27-29)22(20-10-13-24-14-11-20)28-15-12-19-8-4-5-9-21(19)17-28/h1-11,13-14,22H,12,15-17H2. The zero-order valence-corrected chi connectivity index (χ0v) is 16.1. The number of benzene rings is 2. The molecule has 0 fully saturated rings. The van der Waals surface area contributed by atoms with Crippen molar-refractivity contribution in [2.75, 3.05) is 6.54 Å². The molecule has 0 radical (unpaired) electrons.